The van der Waals surface area contributed by atoms with Gasteiger partial charge in [-0.05, 0) is 28.5 Å². The topological polar surface area (TPSA) is 44.8 Å². The van der Waals surface area contributed by atoms with Crippen molar-refractivity contribution in [3.63, 3.8) is 0 Å². The van der Waals surface area contributed by atoms with E-state index >= 15 is 0 Å². The molecule has 4 nitrogen and oxygen atoms in total. The maximum Gasteiger partial charge on any atom is 0.203 e. The standard InChI is InChI=1S/C21H20O4/c1-23-19-12-17(13-20(24-2)21(19)25-3)18(22)11-14-8-9-15-6-4-5-7-16(15)10-14/h4-10,12-13H,11H2,1-3H3. The van der Waals surface area contributed by atoms with Gasteiger partial charge in [0.15, 0.2) is 17.3 Å². The second-order valence-electron chi connectivity index (χ2n) is 5.70. The SMILES string of the molecule is COc1cc(C(=O)Cc2ccc3ccccc3c2)cc(OC)c1OC. The zero-order chi connectivity index (χ0) is 17.8. The molecule has 25 heavy (non-hydrogen) atoms. The number of fused-ring (bicyclic) bond motifs is 1. The number of ketones is 1. The zero-order valence-corrected chi connectivity index (χ0v) is 14.5. The molecule has 0 radical (unpaired) electrons. The molecule has 0 aliphatic heterocycles. The average molecular weight is 336 g/mol. The molecule has 3 aromatic carbocycles. The van der Waals surface area contributed by atoms with E-state index in [1.165, 1.54) is 21.3 Å². The van der Waals surface area contributed by atoms with Crippen LogP contribution in [0.1, 0.15) is 15.9 Å². The molecule has 4 heteroatoms. The highest BCUT2D eigenvalue weighted by Crippen LogP contribution is 2.38. The van der Waals surface area contributed by atoms with Crippen molar-refractivity contribution in [2.45, 2.75) is 6.42 Å². The largest absolute Gasteiger partial charge is 0.493 e. The molecular formula is C21H20O4. The Morgan fingerprint density at radius 3 is 2.04 bits per heavy atom. The van der Waals surface area contributed by atoms with Gasteiger partial charge in [0.05, 0.1) is 21.3 Å². The molecule has 0 saturated carbocycles. The number of Topliss-reactive ketones (excluding diaryl/α,β-unsaturated/α-hetero) is 1. The van der Waals surface area contributed by atoms with Crippen molar-refractivity contribution in [2.75, 3.05) is 21.3 Å². The Morgan fingerprint density at radius 1 is 0.800 bits per heavy atom. The molecule has 0 atom stereocenters. The van der Waals surface area contributed by atoms with Crippen LogP contribution in [0.4, 0.5) is 0 Å². The highest BCUT2D eigenvalue weighted by atomic mass is 16.5. The summed E-state index contributed by atoms with van der Waals surface area (Å²) >= 11 is 0. The maximum absolute atomic E-state index is 12.7. The summed E-state index contributed by atoms with van der Waals surface area (Å²) in [5.74, 6) is 1.43. The number of benzene rings is 3. The van der Waals surface area contributed by atoms with Crippen LogP contribution in [0.5, 0.6) is 17.2 Å². The molecule has 0 N–H and O–H groups in total. The number of rotatable bonds is 6. The van der Waals surface area contributed by atoms with Gasteiger partial charge >= 0.3 is 0 Å². The molecule has 0 aliphatic carbocycles. The molecule has 0 aliphatic rings. The van der Waals surface area contributed by atoms with E-state index in [4.69, 9.17) is 14.2 Å². The van der Waals surface area contributed by atoms with E-state index in [-0.39, 0.29) is 5.78 Å². The summed E-state index contributed by atoms with van der Waals surface area (Å²) in [6.07, 6.45) is 0.309. The fourth-order valence-electron chi connectivity index (χ4n) is 2.88. The predicted molar refractivity (Wildman–Crippen MR) is 98.1 cm³/mol. The lowest BCUT2D eigenvalue weighted by Gasteiger charge is -2.13. The molecule has 128 valence electrons. The van der Waals surface area contributed by atoms with E-state index in [1.54, 1.807) is 12.1 Å². The number of hydrogen-bond donors (Lipinski definition) is 0. The van der Waals surface area contributed by atoms with Crippen LogP contribution in [-0.4, -0.2) is 27.1 Å². The maximum atomic E-state index is 12.7. The smallest absolute Gasteiger partial charge is 0.203 e. The third-order valence-corrected chi connectivity index (χ3v) is 4.17. The molecule has 0 heterocycles. The molecule has 0 spiro atoms. The monoisotopic (exact) mass is 336 g/mol. The second kappa shape index (κ2) is 7.26. The van der Waals surface area contributed by atoms with Crippen LogP contribution in [-0.2, 0) is 6.42 Å². The molecule has 0 saturated heterocycles. The average Bonchev–Trinajstić information content (AvgIpc) is 2.66. The van der Waals surface area contributed by atoms with E-state index in [0.717, 1.165) is 16.3 Å². The van der Waals surface area contributed by atoms with Gasteiger partial charge in [-0.1, -0.05) is 42.5 Å². The van der Waals surface area contributed by atoms with Gasteiger partial charge in [0.25, 0.3) is 0 Å². The summed E-state index contributed by atoms with van der Waals surface area (Å²) in [5, 5.41) is 2.28. The Bertz CT molecular complexity index is 890. The Morgan fingerprint density at radius 2 is 1.44 bits per heavy atom. The zero-order valence-electron chi connectivity index (χ0n) is 14.5. The normalized spacial score (nSPS) is 10.5. The van der Waals surface area contributed by atoms with Gasteiger partial charge in [-0.15, -0.1) is 0 Å². The first-order valence-corrected chi connectivity index (χ1v) is 7.97. The number of ether oxygens (including phenoxy) is 3. The molecular weight excluding hydrogens is 316 g/mol. The van der Waals surface area contributed by atoms with Crippen LogP contribution in [0.25, 0.3) is 10.8 Å². The van der Waals surface area contributed by atoms with Crippen LogP contribution in [0.15, 0.2) is 54.6 Å². The second-order valence-corrected chi connectivity index (χ2v) is 5.70. The van der Waals surface area contributed by atoms with Crippen LogP contribution < -0.4 is 14.2 Å². The molecule has 0 fully saturated rings. The van der Waals surface area contributed by atoms with Gasteiger partial charge in [0, 0.05) is 12.0 Å². The van der Waals surface area contributed by atoms with Gasteiger partial charge in [-0.25, -0.2) is 0 Å². The lowest BCUT2D eigenvalue weighted by Crippen LogP contribution is -2.05. The van der Waals surface area contributed by atoms with E-state index < -0.39 is 0 Å². The van der Waals surface area contributed by atoms with E-state index in [9.17, 15) is 4.79 Å². The Kier molecular flexibility index (Phi) is 4.89. The summed E-state index contributed by atoms with van der Waals surface area (Å²) in [6.45, 7) is 0. The quantitative estimate of drug-likeness (QED) is 0.630. The van der Waals surface area contributed by atoms with Crippen LogP contribution in [0, 0.1) is 0 Å². The van der Waals surface area contributed by atoms with Crippen molar-refractivity contribution in [3.8, 4) is 17.2 Å². The number of methoxy groups -OCH3 is 3. The van der Waals surface area contributed by atoms with E-state index in [1.807, 2.05) is 36.4 Å². The van der Waals surface area contributed by atoms with E-state index in [2.05, 4.69) is 6.07 Å². The summed E-state index contributed by atoms with van der Waals surface area (Å²) in [4.78, 5) is 12.7. The highest BCUT2D eigenvalue weighted by molar-refractivity contribution is 5.99. The Balaban J connectivity index is 1.91. The summed E-state index contributed by atoms with van der Waals surface area (Å²) < 4.78 is 15.9. The van der Waals surface area contributed by atoms with Gasteiger partial charge in [-0.3, -0.25) is 4.79 Å². The minimum Gasteiger partial charge on any atom is -0.493 e. The van der Waals surface area contributed by atoms with Gasteiger partial charge in [-0.2, -0.15) is 0 Å². The van der Waals surface area contributed by atoms with E-state index in [0.29, 0.717) is 29.2 Å². The Labute approximate surface area is 146 Å². The lowest BCUT2D eigenvalue weighted by atomic mass is 9.99. The minimum absolute atomic E-state index is 0.00506. The minimum atomic E-state index is -0.00506. The van der Waals surface area contributed by atoms with Gasteiger partial charge in [0.2, 0.25) is 5.75 Å². The molecule has 0 unspecified atom stereocenters. The van der Waals surface area contributed by atoms with Crippen molar-refractivity contribution in [1.82, 2.24) is 0 Å². The lowest BCUT2D eigenvalue weighted by molar-refractivity contribution is 0.0992. The fourth-order valence-corrected chi connectivity index (χ4v) is 2.88. The van der Waals surface area contributed by atoms with Crippen LogP contribution in [0.3, 0.4) is 0 Å². The first kappa shape index (κ1) is 16.8. The van der Waals surface area contributed by atoms with Crippen molar-refractivity contribution in [1.29, 1.82) is 0 Å². The van der Waals surface area contributed by atoms with Crippen LogP contribution in [0.2, 0.25) is 0 Å². The molecule has 3 rings (SSSR count). The van der Waals surface area contributed by atoms with Crippen molar-refractivity contribution >= 4 is 16.6 Å². The van der Waals surface area contributed by atoms with Crippen molar-refractivity contribution in [2.24, 2.45) is 0 Å². The molecule has 0 amide bonds. The number of hydrogen-bond acceptors (Lipinski definition) is 4. The Hall–Kier alpha value is -3.01. The predicted octanol–water partition coefficient (Wildman–Crippen LogP) is 4.29. The fraction of sp³-hybridized carbons (Fsp3) is 0.190. The van der Waals surface area contributed by atoms with Crippen LogP contribution >= 0.6 is 0 Å². The number of carbonyl (C=O) groups is 1. The molecule has 0 bridgehead atoms. The van der Waals surface area contributed by atoms with Gasteiger partial charge in [0.1, 0.15) is 0 Å². The molecule has 0 aromatic heterocycles. The first-order chi connectivity index (χ1) is 12.2. The summed E-state index contributed by atoms with van der Waals surface area (Å²) in [6, 6.07) is 17.5. The first-order valence-electron chi connectivity index (χ1n) is 7.97. The highest BCUT2D eigenvalue weighted by Gasteiger charge is 2.17. The van der Waals surface area contributed by atoms with Crippen molar-refractivity contribution < 1.29 is 19.0 Å². The summed E-state index contributed by atoms with van der Waals surface area (Å²) in [7, 11) is 4.61. The third kappa shape index (κ3) is 3.43. The summed E-state index contributed by atoms with van der Waals surface area (Å²) in [5.41, 5.74) is 1.50. The molecule has 3 aromatic rings. The number of carbonyl (C=O) groups excluding carboxylic acids is 1. The van der Waals surface area contributed by atoms with Gasteiger partial charge < -0.3 is 14.2 Å². The van der Waals surface area contributed by atoms with Crippen molar-refractivity contribution in [3.05, 3.63) is 65.7 Å². The third-order valence-electron chi connectivity index (χ3n) is 4.17.